The molecule has 0 unspecified atom stereocenters. The molecule has 5 aromatic rings. The summed E-state index contributed by atoms with van der Waals surface area (Å²) in [6.07, 6.45) is 0. The van der Waals surface area contributed by atoms with Gasteiger partial charge in [0, 0.05) is 17.4 Å². The average molecular weight is 591 g/mol. The van der Waals surface area contributed by atoms with Gasteiger partial charge in [0.05, 0.1) is 25.2 Å². The SMILES string of the molecule is CCOc1ccc(-n2c(=S)sc3c(=O)n(-c4ccccc4C)c(SCC(=O)Nc4cccc(OC)c4)nc32)cc1. The Labute approximate surface area is 244 Å². The topological polar surface area (TPSA) is 87.4 Å². The van der Waals surface area contributed by atoms with Crippen molar-refractivity contribution >= 4 is 57.3 Å². The molecule has 0 bridgehead atoms. The average Bonchev–Trinajstić information content (AvgIpc) is 3.29. The van der Waals surface area contributed by atoms with Crippen molar-refractivity contribution in [3.8, 4) is 22.9 Å². The molecule has 1 amide bonds. The van der Waals surface area contributed by atoms with Gasteiger partial charge >= 0.3 is 0 Å². The first-order valence-corrected chi connectivity index (χ1v) is 14.6. The molecular formula is C29H26N4O4S3. The van der Waals surface area contributed by atoms with Crippen molar-refractivity contribution in [3.63, 3.8) is 0 Å². The molecule has 11 heteroatoms. The minimum atomic E-state index is -0.240. The highest BCUT2D eigenvalue weighted by molar-refractivity contribution is 7.99. The van der Waals surface area contributed by atoms with E-state index in [-0.39, 0.29) is 17.2 Å². The molecule has 0 saturated heterocycles. The zero-order chi connectivity index (χ0) is 28.2. The molecule has 0 radical (unpaired) electrons. The first-order chi connectivity index (χ1) is 19.4. The molecule has 204 valence electrons. The van der Waals surface area contributed by atoms with Crippen LogP contribution in [0.5, 0.6) is 11.5 Å². The minimum absolute atomic E-state index is 0.0367. The summed E-state index contributed by atoms with van der Waals surface area (Å²) in [6.45, 7) is 4.42. The fraction of sp³-hybridized carbons (Fsp3) is 0.172. The number of para-hydroxylation sites is 1. The van der Waals surface area contributed by atoms with E-state index >= 15 is 0 Å². The highest BCUT2D eigenvalue weighted by atomic mass is 32.2. The first-order valence-electron chi connectivity index (χ1n) is 12.4. The van der Waals surface area contributed by atoms with Crippen LogP contribution in [0.2, 0.25) is 0 Å². The normalized spacial score (nSPS) is 11.0. The van der Waals surface area contributed by atoms with E-state index in [0.29, 0.717) is 43.2 Å². The summed E-state index contributed by atoms with van der Waals surface area (Å²) in [6, 6.07) is 22.2. The number of fused-ring (bicyclic) bond motifs is 1. The number of aryl methyl sites for hydroxylation is 1. The summed E-state index contributed by atoms with van der Waals surface area (Å²) in [4.78, 5) is 31.8. The number of benzene rings is 3. The van der Waals surface area contributed by atoms with Crippen molar-refractivity contribution in [2.24, 2.45) is 0 Å². The number of nitrogens with zero attached hydrogens (tertiary/aromatic N) is 3. The third-order valence-corrected chi connectivity index (χ3v) is 8.31. The van der Waals surface area contributed by atoms with Crippen molar-refractivity contribution < 1.29 is 14.3 Å². The Kier molecular flexibility index (Phi) is 8.34. The van der Waals surface area contributed by atoms with Gasteiger partial charge in [-0.05, 0) is 74.1 Å². The number of anilines is 1. The van der Waals surface area contributed by atoms with Crippen LogP contribution in [0.1, 0.15) is 12.5 Å². The predicted molar refractivity (Wildman–Crippen MR) is 164 cm³/mol. The van der Waals surface area contributed by atoms with Crippen LogP contribution in [-0.2, 0) is 4.79 Å². The smallest absolute Gasteiger partial charge is 0.278 e. The quantitative estimate of drug-likeness (QED) is 0.121. The van der Waals surface area contributed by atoms with Gasteiger partial charge in [-0.15, -0.1) is 0 Å². The summed E-state index contributed by atoms with van der Waals surface area (Å²) in [5, 5.41) is 3.27. The molecule has 40 heavy (non-hydrogen) atoms. The summed E-state index contributed by atoms with van der Waals surface area (Å²) in [7, 11) is 1.57. The number of thioether (sulfide) groups is 1. The lowest BCUT2D eigenvalue weighted by atomic mass is 10.2. The van der Waals surface area contributed by atoms with Gasteiger partial charge in [0.15, 0.2) is 14.8 Å². The van der Waals surface area contributed by atoms with Crippen molar-refractivity contribution in [2.75, 3.05) is 24.8 Å². The summed E-state index contributed by atoms with van der Waals surface area (Å²) < 4.78 is 15.1. The van der Waals surface area contributed by atoms with Gasteiger partial charge in [-0.3, -0.25) is 18.7 Å². The van der Waals surface area contributed by atoms with Gasteiger partial charge in [-0.1, -0.05) is 47.4 Å². The van der Waals surface area contributed by atoms with Crippen LogP contribution in [0.25, 0.3) is 21.7 Å². The van der Waals surface area contributed by atoms with E-state index in [9.17, 15) is 9.59 Å². The molecule has 0 fully saturated rings. The second-order valence-corrected chi connectivity index (χ2v) is 11.3. The third kappa shape index (κ3) is 5.67. The fourth-order valence-electron chi connectivity index (χ4n) is 4.17. The van der Waals surface area contributed by atoms with E-state index in [2.05, 4.69) is 5.32 Å². The first kappa shape index (κ1) is 27.6. The number of aromatic nitrogens is 3. The lowest BCUT2D eigenvalue weighted by molar-refractivity contribution is -0.113. The van der Waals surface area contributed by atoms with Gasteiger partial charge in [0.2, 0.25) is 5.91 Å². The summed E-state index contributed by atoms with van der Waals surface area (Å²) in [5.41, 5.74) is 3.20. The maximum Gasteiger partial charge on any atom is 0.278 e. The van der Waals surface area contributed by atoms with Crippen LogP contribution < -0.4 is 20.3 Å². The predicted octanol–water partition coefficient (Wildman–Crippen LogP) is 6.41. The number of hydrogen-bond acceptors (Lipinski definition) is 8. The van der Waals surface area contributed by atoms with Gasteiger partial charge in [-0.25, -0.2) is 4.98 Å². The van der Waals surface area contributed by atoms with Crippen LogP contribution in [0.3, 0.4) is 0 Å². The number of amides is 1. The molecule has 0 aliphatic rings. The number of carbonyl (C=O) groups excluding carboxylic acids is 1. The minimum Gasteiger partial charge on any atom is -0.497 e. The lowest BCUT2D eigenvalue weighted by Crippen LogP contribution is -2.23. The van der Waals surface area contributed by atoms with Crippen LogP contribution >= 0.6 is 35.3 Å². The zero-order valence-corrected chi connectivity index (χ0v) is 24.5. The van der Waals surface area contributed by atoms with Gasteiger partial charge in [-0.2, -0.15) is 0 Å². The Morgan fingerprint density at radius 3 is 2.55 bits per heavy atom. The molecule has 0 spiro atoms. The number of ether oxygens (including phenoxy) is 2. The van der Waals surface area contributed by atoms with Crippen LogP contribution in [-0.4, -0.2) is 39.5 Å². The molecule has 2 aromatic heterocycles. The van der Waals surface area contributed by atoms with E-state index in [4.69, 9.17) is 26.7 Å². The molecule has 0 aliphatic carbocycles. The van der Waals surface area contributed by atoms with E-state index in [0.717, 1.165) is 17.0 Å². The molecule has 1 N–H and O–H groups in total. The molecule has 0 saturated carbocycles. The number of nitrogens with one attached hydrogen (secondary N) is 1. The number of rotatable bonds is 9. The van der Waals surface area contributed by atoms with Crippen molar-refractivity contribution in [1.82, 2.24) is 14.1 Å². The Morgan fingerprint density at radius 1 is 1.05 bits per heavy atom. The molecular weight excluding hydrogens is 565 g/mol. The van der Waals surface area contributed by atoms with Gasteiger partial charge < -0.3 is 14.8 Å². The second-order valence-electron chi connectivity index (χ2n) is 8.67. The van der Waals surface area contributed by atoms with Gasteiger partial charge in [0.1, 0.15) is 16.2 Å². The fourth-order valence-corrected chi connectivity index (χ4v) is 6.27. The number of thiazole rings is 1. The molecule has 0 aliphatic heterocycles. The largest absolute Gasteiger partial charge is 0.497 e. The highest BCUT2D eigenvalue weighted by Gasteiger charge is 2.20. The Bertz CT molecular complexity index is 1810. The van der Waals surface area contributed by atoms with Crippen LogP contribution in [0, 0.1) is 10.9 Å². The maximum absolute atomic E-state index is 14.0. The number of carbonyl (C=O) groups is 1. The number of methoxy groups -OCH3 is 1. The highest BCUT2D eigenvalue weighted by Crippen LogP contribution is 2.29. The van der Waals surface area contributed by atoms with Crippen LogP contribution in [0.4, 0.5) is 5.69 Å². The third-order valence-electron chi connectivity index (χ3n) is 6.03. The van der Waals surface area contributed by atoms with Crippen molar-refractivity contribution in [1.29, 1.82) is 0 Å². The zero-order valence-electron chi connectivity index (χ0n) is 22.0. The standard InChI is InChI=1S/C29H26N4O4S3/c1-4-37-21-14-12-20(13-15-21)32-26-25(40-29(32)38)27(35)33(23-11-6-5-8-18(23)2)28(31-26)39-17-24(34)30-19-9-7-10-22(16-19)36-3/h5-16H,4,17H2,1-3H3,(H,30,34). The van der Waals surface area contributed by atoms with Crippen molar-refractivity contribution in [2.45, 2.75) is 19.0 Å². The summed E-state index contributed by atoms with van der Waals surface area (Å²) in [5.74, 6) is 1.18. The van der Waals surface area contributed by atoms with Crippen molar-refractivity contribution in [3.05, 3.63) is 92.7 Å². The maximum atomic E-state index is 14.0. The molecule has 8 nitrogen and oxygen atoms in total. The van der Waals surface area contributed by atoms with Crippen LogP contribution in [0.15, 0.2) is 82.7 Å². The van der Waals surface area contributed by atoms with E-state index in [1.807, 2.05) is 62.4 Å². The van der Waals surface area contributed by atoms with E-state index < -0.39 is 0 Å². The number of hydrogen-bond donors (Lipinski definition) is 1. The molecule has 5 rings (SSSR count). The monoisotopic (exact) mass is 590 g/mol. The molecule has 2 heterocycles. The second kappa shape index (κ2) is 12.1. The molecule has 0 atom stereocenters. The van der Waals surface area contributed by atoms with E-state index in [1.165, 1.54) is 23.1 Å². The van der Waals surface area contributed by atoms with E-state index in [1.54, 1.807) is 40.5 Å². The van der Waals surface area contributed by atoms with Gasteiger partial charge in [0.25, 0.3) is 5.56 Å². The lowest BCUT2D eigenvalue weighted by Gasteiger charge is -2.15. The Balaban J connectivity index is 1.57. The summed E-state index contributed by atoms with van der Waals surface area (Å²) >= 11 is 8.09. The molecule has 3 aromatic carbocycles. The Hall–Kier alpha value is -3.93. The Morgan fingerprint density at radius 2 is 1.82 bits per heavy atom.